The maximum atomic E-state index is 12.7. The normalized spacial score (nSPS) is 12.3. The van der Waals surface area contributed by atoms with E-state index in [1.165, 1.54) is 38.5 Å². The van der Waals surface area contributed by atoms with Crippen LogP contribution in [0.25, 0.3) is 0 Å². The van der Waals surface area contributed by atoms with E-state index in [1.54, 1.807) is 0 Å². The summed E-state index contributed by atoms with van der Waals surface area (Å²) in [6, 6.07) is -1.00. The Bertz CT molecular complexity index is 621. The molecule has 0 radical (unpaired) electrons. The summed E-state index contributed by atoms with van der Waals surface area (Å²) in [5.74, 6) is -3.88. The van der Waals surface area contributed by atoms with Crippen molar-refractivity contribution in [2.75, 3.05) is 26.2 Å². The van der Waals surface area contributed by atoms with E-state index >= 15 is 0 Å². The number of carbonyl (C=O) groups is 4. The molecule has 0 aliphatic carbocycles. The third kappa shape index (κ3) is 20.8. The molecule has 202 valence electrons. The molecular weight excluding hydrogens is 452 g/mol. The molecule has 9 heteroatoms. The first-order valence-electron chi connectivity index (χ1n) is 13.1. The van der Waals surface area contributed by atoms with E-state index in [2.05, 4.69) is 24.4 Å². The van der Waals surface area contributed by atoms with Crippen LogP contribution in [0.5, 0.6) is 0 Å². The minimum Gasteiger partial charge on any atom is -0.480 e. The Hall–Kier alpha value is -2.26. The quantitative estimate of drug-likeness (QED) is 0.108. The molecule has 1 atom stereocenters. The molecule has 1 unspecified atom stereocenters. The number of nitrogens with one attached hydrogen (secondary N) is 1. The van der Waals surface area contributed by atoms with Crippen molar-refractivity contribution < 1.29 is 34.5 Å². The molecule has 9 nitrogen and oxygen atoms in total. The van der Waals surface area contributed by atoms with Gasteiger partial charge in [-0.1, -0.05) is 70.4 Å². The Morgan fingerprint density at radius 1 is 0.714 bits per heavy atom. The molecule has 0 heterocycles. The molecule has 0 bridgehead atoms. The van der Waals surface area contributed by atoms with Crippen LogP contribution in [0.3, 0.4) is 0 Å². The lowest BCUT2D eigenvalue weighted by Crippen LogP contribution is -2.51. The molecule has 0 amide bonds. The van der Waals surface area contributed by atoms with Gasteiger partial charge in [-0.25, -0.2) is 0 Å². The average Bonchev–Trinajstić information content (AvgIpc) is 2.78. The molecule has 0 aromatic carbocycles. The third-order valence-electron chi connectivity index (χ3n) is 5.79. The van der Waals surface area contributed by atoms with Gasteiger partial charge >= 0.3 is 17.9 Å². The molecule has 0 spiro atoms. The van der Waals surface area contributed by atoms with Crippen LogP contribution in [0, 0.1) is 0 Å². The van der Waals surface area contributed by atoms with Gasteiger partial charge in [-0.15, -0.1) is 0 Å². The lowest BCUT2D eigenvalue weighted by atomic mass is 10.0. The lowest BCUT2D eigenvalue weighted by Gasteiger charge is -2.28. The summed E-state index contributed by atoms with van der Waals surface area (Å²) in [6.45, 7) is 0.501. The van der Waals surface area contributed by atoms with E-state index in [9.17, 15) is 19.2 Å². The van der Waals surface area contributed by atoms with Crippen LogP contribution >= 0.6 is 0 Å². The van der Waals surface area contributed by atoms with E-state index in [1.807, 2.05) is 0 Å². The Labute approximate surface area is 210 Å². The number of carboxylic acids is 3. The minimum absolute atomic E-state index is 0.114. The summed E-state index contributed by atoms with van der Waals surface area (Å²) in [6.07, 6.45) is 19.5. The minimum atomic E-state index is -1.25. The van der Waals surface area contributed by atoms with Gasteiger partial charge in [0.2, 0.25) is 0 Å². The number of carboxylic acid groups (broad SMARTS) is 3. The first kappa shape index (κ1) is 32.7. The first-order chi connectivity index (χ1) is 16.8. The van der Waals surface area contributed by atoms with Crippen molar-refractivity contribution >= 4 is 23.7 Å². The van der Waals surface area contributed by atoms with Gasteiger partial charge in [-0.2, -0.15) is 0 Å². The number of hydrogen-bond acceptors (Lipinski definition) is 6. The topological polar surface area (TPSA) is 144 Å². The van der Waals surface area contributed by atoms with Crippen molar-refractivity contribution in [1.82, 2.24) is 10.2 Å². The molecule has 0 aromatic heterocycles. The molecule has 0 saturated carbocycles. The predicted molar refractivity (Wildman–Crippen MR) is 136 cm³/mol. The largest absolute Gasteiger partial charge is 0.480 e. The van der Waals surface area contributed by atoms with Crippen molar-refractivity contribution in [2.45, 2.75) is 103 Å². The van der Waals surface area contributed by atoms with Gasteiger partial charge in [-0.3, -0.25) is 24.1 Å². The second-order valence-electron chi connectivity index (χ2n) is 9.03. The van der Waals surface area contributed by atoms with Gasteiger partial charge in [0, 0.05) is 13.0 Å². The fourth-order valence-corrected chi connectivity index (χ4v) is 3.92. The molecule has 0 rings (SSSR count). The number of allylic oxidation sites excluding steroid dienone is 2. The number of hydrogen-bond donors (Lipinski definition) is 4. The number of carbonyl (C=O) groups excluding carboxylic acids is 1. The Morgan fingerprint density at radius 3 is 1.69 bits per heavy atom. The maximum absolute atomic E-state index is 12.7. The van der Waals surface area contributed by atoms with Gasteiger partial charge in [0.05, 0.1) is 25.7 Å². The molecule has 35 heavy (non-hydrogen) atoms. The zero-order valence-electron chi connectivity index (χ0n) is 21.4. The van der Waals surface area contributed by atoms with E-state index < -0.39 is 43.6 Å². The Balaban J connectivity index is 4.23. The standard InChI is InChI=1S/C26H46N2O7/c1-2-3-4-5-6-7-8-9-10-11-12-13-14-15-16-17-23(29)22(18-27-19-24(30)31)28(20-25(32)33)21-26(34)35/h9-10,22,27H,2-8,11-21H2,1H3,(H,30,31)(H,32,33)(H,34,35)/b10-9-. The lowest BCUT2D eigenvalue weighted by molar-refractivity contribution is -0.144. The number of aliphatic carboxylic acids is 3. The molecular formula is C26H46N2O7. The smallest absolute Gasteiger partial charge is 0.317 e. The Morgan fingerprint density at radius 2 is 1.20 bits per heavy atom. The fraction of sp³-hybridized carbons (Fsp3) is 0.769. The van der Waals surface area contributed by atoms with Crippen LogP contribution in [-0.4, -0.2) is 76.1 Å². The highest BCUT2D eigenvalue weighted by atomic mass is 16.4. The fourth-order valence-electron chi connectivity index (χ4n) is 3.92. The highest BCUT2D eigenvalue weighted by Crippen LogP contribution is 2.12. The zero-order valence-corrected chi connectivity index (χ0v) is 21.4. The molecule has 0 aliphatic heterocycles. The maximum Gasteiger partial charge on any atom is 0.317 e. The van der Waals surface area contributed by atoms with Crippen LogP contribution in [0.4, 0.5) is 0 Å². The first-order valence-corrected chi connectivity index (χ1v) is 13.1. The number of unbranched alkanes of at least 4 members (excludes halogenated alkanes) is 11. The summed E-state index contributed by atoms with van der Waals surface area (Å²) in [5.41, 5.74) is 0. The van der Waals surface area contributed by atoms with Crippen molar-refractivity contribution in [1.29, 1.82) is 0 Å². The second-order valence-corrected chi connectivity index (χ2v) is 9.03. The van der Waals surface area contributed by atoms with Crippen molar-refractivity contribution in [2.24, 2.45) is 0 Å². The van der Waals surface area contributed by atoms with Crippen molar-refractivity contribution in [3.05, 3.63) is 12.2 Å². The number of nitrogens with zero attached hydrogens (tertiary/aromatic N) is 1. The summed E-state index contributed by atoms with van der Waals surface area (Å²) in [7, 11) is 0. The predicted octanol–water partition coefficient (Wildman–Crippen LogP) is 4.11. The average molecular weight is 499 g/mol. The Kier molecular flexibility index (Phi) is 20.8. The van der Waals surface area contributed by atoms with Gasteiger partial charge in [0.15, 0.2) is 5.78 Å². The van der Waals surface area contributed by atoms with Crippen molar-refractivity contribution in [3.63, 3.8) is 0 Å². The molecule has 0 aromatic rings. The molecule has 0 aliphatic rings. The molecule has 4 N–H and O–H groups in total. The summed E-state index contributed by atoms with van der Waals surface area (Å²) in [5, 5.41) is 29.6. The number of ketones is 1. The summed E-state index contributed by atoms with van der Waals surface area (Å²) >= 11 is 0. The monoisotopic (exact) mass is 498 g/mol. The van der Waals surface area contributed by atoms with E-state index in [-0.39, 0.29) is 18.7 Å². The van der Waals surface area contributed by atoms with Crippen LogP contribution in [-0.2, 0) is 19.2 Å². The molecule has 0 fully saturated rings. The number of Topliss-reactive ketones (excluding diaryl/α,β-unsaturated/α-hetero) is 1. The van der Waals surface area contributed by atoms with Gasteiger partial charge < -0.3 is 20.6 Å². The summed E-state index contributed by atoms with van der Waals surface area (Å²) < 4.78 is 0. The SMILES string of the molecule is CCCCCCCC/C=C\CCCCCCCC(=O)C(CNCC(=O)O)N(CC(=O)O)CC(=O)O. The molecule has 0 saturated heterocycles. The van der Waals surface area contributed by atoms with Crippen LogP contribution in [0.15, 0.2) is 12.2 Å². The van der Waals surface area contributed by atoms with Crippen LogP contribution in [0.1, 0.15) is 96.8 Å². The van der Waals surface area contributed by atoms with Crippen LogP contribution in [0.2, 0.25) is 0 Å². The van der Waals surface area contributed by atoms with Crippen molar-refractivity contribution in [3.8, 4) is 0 Å². The zero-order chi connectivity index (χ0) is 26.3. The van der Waals surface area contributed by atoms with E-state index in [0.717, 1.165) is 43.4 Å². The van der Waals surface area contributed by atoms with E-state index in [4.69, 9.17) is 15.3 Å². The summed E-state index contributed by atoms with van der Waals surface area (Å²) in [4.78, 5) is 46.8. The highest BCUT2D eigenvalue weighted by molar-refractivity contribution is 5.85. The van der Waals surface area contributed by atoms with Crippen LogP contribution < -0.4 is 5.32 Å². The van der Waals surface area contributed by atoms with E-state index in [0.29, 0.717) is 6.42 Å². The highest BCUT2D eigenvalue weighted by Gasteiger charge is 2.28. The van der Waals surface area contributed by atoms with Gasteiger partial charge in [0.25, 0.3) is 0 Å². The second kappa shape index (κ2) is 22.2. The number of rotatable bonds is 25. The van der Waals surface area contributed by atoms with Gasteiger partial charge in [-0.05, 0) is 32.1 Å². The third-order valence-corrected chi connectivity index (χ3v) is 5.79. The van der Waals surface area contributed by atoms with Gasteiger partial charge in [0.1, 0.15) is 0 Å².